The first kappa shape index (κ1) is 21.0. The third kappa shape index (κ3) is 4.82. The molecule has 0 unspecified atom stereocenters. The van der Waals surface area contributed by atoms with Gasteiger partial charge in [-0.3, -0.25) is 10.1 Å². The molecule has 0 amide bonds. The summed E-state index contributed by atoms with van der Waals surface area (Å²) in [6.07, 6.45) is 2.88. The summed E-state index contributed by atoms with van der Waals surface area (Å²) < 4.78 is 27.5. The Labute approximate surface area is 167 Å². The second-order valence-corrected chi connectivity index (χ2v) is 10.1. The van der Waals surface area contributed by atoms with Gasteiger partial charge in [0.2, 0.25) is 10.0 Å². The molecule has 2 heterocycles. The quantitative estimate of drug-likeness (QED) is 0.548. The summed E-state index contributed by atoms with van der Waals surface area (Å²) >= 11 is 0. The minimum atomic E-state index is -3.75. The van der Waals surface area contributed by atoms with Crippen molar-refractivity contribution in [3.8, 4) is 0 Å². The Morgan fingerprint density at radius 3 is 2.43 bits per heavy atom. The van der Waals surface area contributed by atoms with Crippen molar-refractivity contribution in [2.75, 3.05) is 44.6 Å². The monoisotopic (exact) mass is 410 g/mol. The Kier molecular flexibility index (Phi) is 6.57. The van der Waals surface area contributed by atoms with Crippen molar-refractivity contribution in [2.24, 2.45) is 11.8 Å². The van der Waals surface area contributed by atoms with E-state index in [4.69, 9.17) is 0 Å². The highest BCUT2D eigenvalue weighted by atomic mass is 32.2. The Morgan fingerprint density at radius 2 is 1.82 bits per heavy atom. The van der Waals surface area contributed by atoms with E-state index < -0.39 is 14.9 Å². The Balaban J connectivity index is 1.75. The van der Waals surface area contributed by atoms with Gasteiger partial charge in [0.15, 0.2) is 0 Å². The minimum absolute atomic E-state index is 0.00369. The van der Waals surface area contributed by atoms with E-state index in [0.29, 0.717) is 37.2 Å². The van der Waals surface area contributed by atoms with Crippen LogP contribution in [0.3, 0.4) is 0 Å². The zero-order valence-electron chi connectivity index (χ0n) is 16.6. The van der Waals surface area contributed by atoms with Gasteiger partial charge < -0.3 is 10.2 Å². The molecular weight excluding hydrogens is 380 g/mol. The van der Waals surface area contributed by atoms with Crippen molar-refractivity contribution < 1.29 is 13.3 Å². The Bertz CT molecular complexity index is 798. The van der Waals surface area contributed by atoms with Crippen LogP contribution in [0.5, 0.6) is 0 Å². The molecule has 1 aromatic carbocycles. The molecule has 9 heteroatoms. The number of nitrogens with one attached hydrogen (secondary N) is 1. The highest BCUT2D eigenvalue weighted by molar-refractivity contribution is 7.89. The average molecular weight is 411 g/mol. The van der Waals surface area contributed by atoms with Crippen LogP contribution in [-0.4, -0.2) is 61.8 Å². The first-order chi connectivity index (χ1) is 13.3. The normalized spacial score (nSPS) is 24.4. The molecule has 3 rings (SSSR count). The highest BCUT2D eigenvalue weighted by Crippen LogP contribution is 2.30. The van der Waals surface area contributed by atoms with E-state index in [2.05, 4.69) is 24.1 Å². The van der Waals surface area contributed by atoms with Gasteiger partial charge in [-0.15, -0.1) is 0 Å². The number of sulfonamides is 1. The summed E-state index contributed by atoms with van der Waals surface area (Å²) in [5, 5.41) is 14.4. The molecule has 2 atom stereocenters. The van der Waals surface area contributed by atoms with Gasteiger partial charge in [0, 0.05) is 51.4 Å². The van der Waals surface area contributed by atoms with Gasteiger partial charge in [0.1, 0.15) is 4.90 Å². The highest BCUT2D eigenvalue weighted by Gasteiger charge is 2.31. The summed E-state index contributed by atoms with van der Waals surface area (Å²) in [7, 11) is -3.75. The summed E-state index contributed by atoms with van der Waals surface area (Å²) in [5.41, 5.74) is 0.234. The number of nitro groups is 1. The second-order valence-electron chi connectivity index (χ2n) is 8.18. The van der Waals surface area contributed by atoms with E-state index in [0.717, 1.165) is 32.5 Å². The molecule has 2 saturated heterocycles. The Morgan fingerprint density at radius 1 is 1.18 bits per heavy atom. The molecule has 2 fully saturated rings. The van der Waals surface area contributed by atoms with Crippen molar-refractivity contribution in [1.29, 1.82) is 0 Å². The van der Waals surface area contributed by atoms with Crippen molar-refractivity contribution in [3.05, 3.63) is 28.3 Å². The number of benzene rings is 1. The maximum absolute atomic E-state index is 13.0. The molecule has 1 aromatic rings. The van der Waals surface area contributed by atoms with Crippen LogP contribution in [0.25, 0.3) is 0 Å². The number of nitro benzene ring substituents is 1. The predicted octanol–water partition coefficient (Wildman–Crippen LogP) is 2.77. The van der Waals surface area contributed by atoms with Crippen LogP contribution >= 0.6 is 0 Å². The number of rotatable bonds is 7. The fraction of sp³-hybridized carbons (Fsp3) is 0.684. The third-order valence-electron chi connectivity index (χ3n) is 5.55. The molecule has 8 nitrogen and oxygen atoms in total. The lowest BCUT2D eigenvalue weighted by Crippen LogP contribution is -2.41. The van der Waals surface area contributed by atoms with Crippen LogP contribution in [0.2, 0.25) is 0 Å². The van der Waals surface area contributed by atoms with Gasteiger partial charge in [-0.25, -0.2) is 8.42 Å². The lowest BCUT2D eigenvalue weighted by Gasteiger charge is -2.35. The molecular formula is C19H30N4O4S. The average Bonchev–Trinajstić information content (AvgIpc) is 3.16. The van der Waals surface area contributed by atoms with E-state index in [1.54, 1.807) is 0 Å². The first-order valence-electron chi connectivity index (χ1n) is 10.0. The van der Waals surface area contributed by atoms with Crippen molar-refractivity contribution in [1.82, 2.24) is 9.21 Å². The van der Waals surface area contributed by atoms with E-state index >= 15 is 0 Å². The first-order valence-corrected chi connectivity index (χ1v) is 11.5. The topological polar surface area (TPSA) is 95.8 Å². The lowest BCUT2D eigenvalue weighted by atomic mass is 9.92. The van der Waals surface area contributed by atoms with Gasteiger partial charge in [-0.2, -0.15) is 4.31 Å². The van der Waals surface area contributed by atoms with Crippen molar-refractivity contribution in [3.63, 3.8) is 0 Å². The zero-order valence-corrected chi connectivity index (χ0v) is 17.5. The van der Waals surface area contributed by atoms with Gasteiger partial charge in [0.05, 0.1) is 10.6 Å². The molecule has 0 bridgehead atoms. The minimum Gasteiger partial charge on any atom is -0.383 e. The largest absolute Gasteiger partial charge is 0.383 e. The summed E-state index contributed by atoms with van der Waals surface area (Å²) in [5.74, 6) is 1.32. The van der Waals surface area contributed by atoms with E-state index in [1.807, 2.05) is 0 Å². The SMILES string of the molecule is C[C@@H]1C[C@H](C)CN(CCNc2ccc([N+](=O)[O-])cc2S(=O)(=O)N2CCCC2)C1. The fourth-order valence-electron chi connectivity index (χ4n) is 4.37. The molecule has 1 N–H and O–H groups in total. The van der Waals surface area contributed by atoms with Crippen molar-refractivity contribution in [2.45, 2.75) is 38.0 Å². The number of piperidine rings is 1. The molecule has 2 aliphatic heterocycles. The molecule has 0 aliphatic carbocycles. The summed E-state index contributed by atoms with van der Waals surface area (Å²) in [6, 6.07) is 4.06. The number of hydrogen-bond acceptors (Lipinski definition) is 6. The molecule has 0 spiro atoms. The lowest BCUT2D eigenvalue weighted by molar-refractivity contribution is -0.385. The standard InChI is InChI=1S/C19H30N4O4S/c1-15-11-16(2)14-21(13-15)10-7-20-18-6-5-17(23(24)25)12-19(18)28(26,27)22-8-3-4-9-22/h5-6,12,15-16,20H,3-4,7-11,13-14H2,1-2H3/t15-,16+. The van der Waals surface area contributed by atoms with Gasteiger partial charge >= 0.3 is 0 Å². The van der Waals surface area contributed by atoms with E-state index in [9.17, 15) is 18.5 Å². The fourth-order valence-corrected chi connectivity index (χ4v) is 6.08. The van der Waals surface area contributed by atoms with Crippen molar-refractivity contribution >= 4 is 21.4 Å². The number of nitrogens with zero attached hydrogens (tertiary/aromatic N) is 3. The molecule has 28 heavy (non-hydrogen) atoms. The zero-order chi connectivity index (χ0) is 20.3. The molecule has 0 saturated carbocycles. The third-order valence-corrected chi connectivity index (χ3v) is 7.49. The Hall–Kier alpha value is -1.71. The van der Waals surface area contributed by atoms with Crippen LogP contribution in [0.15, 0.2) is 23.1 Å². The number of non-ortho nitro benzene ring substituents is 1. The van der Waals surface area contributed by atoms with Crippen LogP contribution in [0.1, 0.15) is 33.1 Å². The van der Waals surface area contributed by atoms with E-state index in [-0.39, 0.29) is 10.6 Å². The van der Waals surface area contributed by atoms with E-state index in [1.165, 1.54) is 28.9 Å². The van der Waals surface area contributed by atoms with Crippen LogP contribution in [0.4, 0.5) is 11.4 Å². The molecule has 156 valence electrons. The molecule has 0 radical (unpaired) electrons. The maximum atomic E-state index is 13.0. The van der Waals surface area contributed by atoms with Gasteiger partial charge in [-0.1, -0.05) is 13.8 Å². The van der Waals surface area contributed by atoms with Crippen LogP contribution in [0, 0.1) is 22.0 Å². The van der Waals surface area contributed by atoms with Crippen LogP contribution < -0.4 is 5.32 Å². The smallest absolute Gasteiger partial charge is 0.270 e. The number of hydrogen-bond donors (Lipinski definition) is 1. The molecule has 2 aliphatic rings. The molecule has 0 aromatic heterocycles. The van der Waals surface area contributed by atoms with Crippen LogP contribution in [-0.2, 0) is 10.0 Å². The summed E-state index contributed by atoms with van der Waals surface area (Å²) in [6.45, 7) is 8.95. The predicted molar refractivity (Wildman–Crippen MR) is 109 cm³/mol. The number of anilines is 1. The second kappa shape index (κ2) is 8.75. The number of likely N-dealkylation sites (tertiary alicyclic amines) is 1. The van der Waals surface area contributed by atoms with Gasteiger partial charge in [-0.05, 0) is 37.2 Å². The van der Waals surface area contributed by atoms with Gasteiger partial charge in [0.25, 0.3) is 5.69 Å². The maximum Gasteiger partial charge on any atom is 0.270 e. The summed E-state index contributed by atoms with van der Waals surface area (Å²) in [4.78, 5) is 13.0.